The Labute approximate surface area is 142 Å². The molecule has 1 fully saturated rings. The fourth-order valence-electron chi connectivity index (χ4n) is 2.52. The van der Waals surface area contributed by atoms with Gasteiger partial charge in [-0.25, -0.2) is 8.78 Å². The fourth-order valence-corrected chi connectivity index (χ4v) is 2.52. The van der Waals surface area contributed by atoms with Crippen LogP contribution in [0.15, 0.2) is 23.2 Å². The molecule has 5 nitrogen and oxygen atoms in total. The first kappa shape index (κ1) is 18.6. The number of nitrogens with one attached hydrogen (secondary N) is 2. The van der Waals surface area contributed by atoms with Crippen molar-refractivity contribution in [3.05, 3.63) is 35.4 Å². The molecule has 24 heavy (non-hydrogen) atoms. The van der Waals surface area contributed by atoms with Crippen LogP contribution in [0.3, 0.4) is 0 Å². The lowest BCUT2D eigenvalue weighted by molar-refractivity contribution is 0.0394. The first-order valence-electron chi connectivity index (χ1n) is 8.45. The van der Waals surface area contributed by atoms with Gasteiger partial charge in [-0.15, -0.1) is 0 Å². The highest BCUT2D eigenvalue weighted by atomic mass is 19.1. The van der Waals surface area contributed by atoms with Gasteiger partial charge in [0.05, 0.1) is 19.8 Å². The largest absolute Gasteiger partial charge is 0.379 e. The van der Waals surface area contributed by atoms with E-state index in [-0.39, 0.29) is 5.82 Å². The molecular weight excluding hydrogens is 314 g/mol. The third kappa shape index (κ3) is 6.41. The molecule has 1 aliphatic heterocycles. The van der Waals surface area contributed by atoms with Gasteiger partial charge in [0.1, 0.15) is 11.6 Å². The van der Waals surface area contributed by atoms with E-state index in [2.05, 4.69) is 20.5 Å². The SMILES string of the molecule is CCNC(=NCCN1CCOCC1)NCCc1cc(F)ccc1F. The molecule has 0 bridgehead atoms. The maximum Gasteiger partial charge on any atom is 0.191 e. The maximum atomic E-state index is 13.6. The maximum absolute atomic E-state index is 13.6. The standard InChI is InChI=1S/C17H26F2N4O/c1-2-20-17(22-7-8-23-9-11-24-12-10-23)21-6-5-14-13-15(18)3-4-16(14)19/h3-4,13H,2,5-12H2,1H3,(H2,20,21,22). The summed E-state index contributed by atoms with van der Waals surface area (Å²) in [6.07, 6.45) is 0.400. The summed E-state index contributed by atoms with van der Waals surface area (Å²) in [5.74, 6) is -0.104. The summed E-state index contributed by atoms with van der Waals surface area (Å²) in [6.45, 7) is 8.24. The normalized spacial score (nSPS) is 16.2. The van der Waals surface area contributed by atoms with Crippen molar-refractivity contribution in [3.8, 4) is 0 Å². The van der Waals surface area contributed by atoms with E-state index >= 15 is 0 Å². The van der Waals surface area contributed by atoms with Crippen molar-refractivity contribution in [2.45, 2.75) is 13.3 Å². The Balaban J connectivity index is 1.77. The van der Waals surface area contributed by atoms with Crippen LogP contribution >= 0.6 is 0 Å². The van der Waals surface area contributed by atoms with Gasteiger partial charge in [0, 0.05) is 32.7 Å². The number of guanidine groups is 1. The van der Waals surface area contributed by atoms with Crippen LogP contribution < -0.4 is 10.6 Å². The van der Waals surface area contributed by atoms with Gasteiger partial charge in [-0.3, -0.25) is 9.89 Å². The highest BCUT2D eigenvalue weighted by Gasteiger charge is 2.09. The minimum Gasteiger partial charge on any atom is -0.379 e. The predicted octanol–water partition coefficient (Wildman–Crippen LogP) is 1.39. The summed E-state index contributed by atoms with van der Waals surface area (Å²) < 4.78 is 32.1. The van der Waals surface area contributed by atoms with Crippen LogP contribution in [0, 0.1) is 11.6 Å². The van der Waals surface area contributed by atoms with Gasteiger partial charge in [-0.2, -0.15) is 0 Å². The first-order valence-corrected chi connectivity index (χ1v) is 8.45. The number of rotatable bonds is 7. The molecule has 0 atom stereocenters. The second kappa shape index (κ2) is 10.2. The van der Waals surface area contributed by atoms with Crippen LogP contribution in [-0.2, 0) is 11.2 Å². The van der Waals surface area contributed by atoms with Gasteiger partial charge in [-0.05, 0) is 37.1 Å². The number of benzene rings is 1. The molecule has 1 aliphatic rings. The Hall–Kier alpha value is -1.73. The zero-order valence-corrected chi connectivity index (χ0v) is 14.2. The van der Waals surface area contributed by atoms with Crippen LogP contribution in [0.4, 0.5) is 8.78 Å². The molecule has 0 unspecified atom stereocenters. The molecule has 0 aliphatic carbocycles. The Morgan fingerprint density at radius 2 is 2.04 bits per heavy atom. The number of ether oxygens (including phenoxy) is 1. The van der Waals surface area contributed by atoms with Crippen molar-refractivity contribution in [2.75, 3.05) is 52.5 Å². The van der Waals surface area contributed by atoms with E-state index in [9.17, 15) is 8.78 Å². The lowest BCUT2D eigenvalue weighted by Gasteiger charge is -2.25. The highest BCUT2D eigenvalue weighted by Crippen LogP contribution is 2.09. The van der Waals surface area contributed by atoms with Crippen molar-refractivity contribution >= 4 is 5.96 Å². The number of nitrogens with zero attached hydrogens (tertiary/aromatic N) is 2. The van der Waals surface area contributed by atoms with Crippen LogP contribution in [0.25, 0.3) is 0 Å². The number of hydrogen-bond donors (Lipinski definition) is 2. The first-order chi connectivity index (χ1) is 11.7. The lowest BCUT2D eigenvalue weighted by Crippen LogP contribution is -2.40. The molecule has 7 heteroatoms. The van der Waals surface area contributed by atoms with Gasteiger partial charge in [0.25, 0.3) is 0 Å². The van der Waals surface area contributed by atoms with E-state index < -0.39 is 5.82 Å². The minimum absolute atomic E-state index is 0.367. The zero-order chi connectivity index (χ0) is 17.2. The second-order valence-corrected chi connectivity index (χ2v) is 5.63. The van der Waals surface area contributed by atoms with Crippen LogP contribution in [-0.4, -0.2) is 63.3 Å². The van der Waals surface area contributed by atoms with Crippen molar-refractivity contribution in [2.24, 2.45) is 4.99 Å². The van der Waals surface area contributed by atoms with E-state index in [1.54, 1.807) is 0 Å². The second-order valence-electron chi connectivity index (χ2n) is 5.63. The zero-order valence-electron chi connectivity index (χ0n) is 14.2. The fraction of sp³-hybridized carbons (Fsp3) is 0.588. The third-order valence-corrected chi connectivity index (χ3v) is 3.83. The molecular formula is C17H26F2N4O. The molecule has 0 radical (unpaired) electrons. The van der Waals surface area contributed by atoms with Gasteiger partial charge in [0.2, 0.25) is 0 Å². The van der Waals surface area contributed by atoms with Crippen molar-refractivity contribution in [1.29, 1.82) is 0 Å². The Morgan fingerprint density at radius 1 is 1.25 bits per heavy atom. The average Bonchev–Trinajstić information content (AvgIpc) is 2.59. The number of halogens is 2. The van der Waals surface area contributed by atoms with Gasteiger partial charge >= 0.3 is 0 Å². The lowest BCUT2D eigenvalue weighted by atomic mass is 10.1. The van der Waals surface area contributed by atoms with Gasteiger partial charge in [0.15, 0.2) is 5.96 Å². The van der Waals surface area contributed by atoms with E-state index in [4.69, 9.17) is 4.74 Å². The Morgan fingerprint density at radius 3 is 2.79 bits per heavy atom. The van der Waals surface area contributed by atoms with Crippen molar-refractivity contribution in [1.82, 2.24) is 15.5 Å². The number of morpholine rings is 1. The van der Waals surface area contributed by atoms with Crippen LogP contribution in [0.5, 0.6) is 0 Å². The van der Waals surface area contributed by atoms with Crippen LogP contribution in [0.2, 0.25) is 0 Å². The molecule has 0 saturated carbocycles. The molecule has 134 valence electrons. The molecule has 2 rings (SSSR count). The Kier molecular flexibility index (Phi) is 7.91. The third-order valence-electron chi connectivity index (χ3n) is 3.83. The summed E-state index contributed by atoms with van der Waals surface area (Å²) in [4.78, 5) is 6.84. The molecule has 1 aromatic rings. The van der Waals surface area contributed by atoms with Gasteiger partial charge in [-0.1, -0.05) is 0 Å². The van der Waals surface area contributed by atoms with E-state index in [1.807, 2.05) is 6.92 Å². The molecule has 1 aromatic carbocycles. The van der Waals surface area contributed by atoms with Gasteiger partial charge < -0.3 is 15.4 Å². The predicted molar refractivity (Wildman–Crippen MR) is 91.3 cm³/mol. The minimum atomic E-state index is -0.419. The van der Waals surface area contributed by atoms with E-state index in [0.717, 1.165) is 51.5 Å². The topological polar surface area (TPSA) is 48.9 Å². The summed E-state index contributed by atoms with van der Waals surface area (Å²) in [5, 5.41) is 6.32. The monoisotopic (exact) mass is 340 g/mol. The molecule has 0 amide bonds. The molecule has 1 heterocycles. The highest BCUT2D eigenvalue weighted by molar-refractivity contribution is 5.79. The quantitative estimate of drug-likeness (QED) is 0.582. The summed E-state index contributed by atoms with van der Waals surface area (Å²) in [5.41, 5.74) is 0.367. The molecule has 1 saturated heterocycles. The Bertz CT molecular complexity index is 533. The summed E-state index contributed by atoms with van der Waals surface area (Å²) in [6, 6.07) is 3.52. The van der Waals surface area contributed by atoms with Crippen molar-refractivity contribution < 1.29 is 13.5 Å². The number of hydrogen-bond acceptors (Lipinski definition) is 3. The average molecular weight is 340 g/mol. The molecule has 2 N–H and O–H groups in total. The molecule has 0 aromatic heterocycles. The van der Waals surface area contributed by atoms with Crippen LogP contribution in [0.1, 0.15) is 12.5 Å². The number of aliphatic imine (C=N–C) groups is 1. The smallest absolute Gasteiger partial charge is 0.191 e. The summed E-state index contributed by atoms with van der Waals surface area (Å²) in [7, 11) is 0. The van der Waals surface area contributed by atoms with E-state index in [1.165, 1.54) is 6.07 Å². The van der Waals surface area contributed by atoms with Crippen molar-refractivity contribution in [3.63, 3.8) is 0 Å². The van der Waals surface area contributed by atoms with E-state index in [0.29, 0.717) is 31.0 Å². The molecule has 0 spiro atoms. The summed E-state index contributed by atoms with van der Waals surface area (Å²) >= 11 is 0.